The third-order valence-electron chi connectivity index (χ3n) is 3.39. The molecule has 0 spiro atoms. The molecular formula is C14H18ClNO3. The summed E-state index contributed by atoms with van der Waals surface area (Å²) in [7, 11) is 0. The van der Waals surface area contributed by atoms with Gasteiger partial charge in [0.25, 0.3) is 5.91 Å². The van der Waals surface area contributed by atoms with E-state index in [0.717, 1.165) is 5.56 Å². The van der Waals surface area contributed by atoms with Gasteiger partial charge in [0.1, 0.15) is 0 Å². The minimum atomic E-state index is -0.298. The molecule has 1 aromatic rings. The lowest BCUT2D eigenvalue weighted by molar-refractivity contribution is -0.0667. The number of halogens is 1. The van der Waals surface area contributed by atoms with E-state index >= 15 is 0 Å². The zero-order valence-corrected chi connectivity index (χ0v) is 11.9. The molecule has 0 radical (unpaired) electrons. The molecule has 1 aromatic carbocycles. The van der Waals surface area contributed by atoms with Gasteiger partial charge in [0.05, 0.1) is 25.4 Å². The molecule has 4 nitrogen and oxygen atoms in total. The molecule has 1 amide bonds. The molecular weight excluding hydrogens is 266 g/mol. The molecule has 2 atom stereocenters. The van der Waals surface area contributed by atoms with Crippen LogP contribution in [0.3, 0.4) is 0 Å². The Hall–Kier alpha value is -1.10. The lowest BCUT2D eigenvalue weighted by atomic mass is 10.1. The largest absolute Gasteiger partial charge is 0.394 e. The molecule has 0 unspecified atom stereocenters. The van der Waals surface area contributed by atoms with Crippen LogP contribution in [0, 0.1) is 6.92 Å². The Bertz CT molecular complexity index is 478. The summed E-state index contributed by atoms with van der Waals surface area (Å²) in [6.45, 7) is 4.60. The zero-order chi connectivity index (χ0) is 14.0. The Labute approximate surface area is 117 Å². The van der Waals surface area contributed by atoms with Gasteiger partial charge in [0.2, 0.25) is 0 Å². The van der Waals surface area contributed by atoms with Crippen molar-refractivity contribution in [1.29, 1.82) is 0 Å². The van der Waals surface area contributed by atoms with Crippen LogP contribution in [0.1, 0.15) is 22.8 Å². The fourth-order valence-electron chi connectivity index (χ4n) is 2.23. The number of morpholine rings is 1. The number of aryl methyl sites for hydroxylation is 1. The lowest BCUT2D eigenvalue weighted by Crippen LogP contribution is -2.52. The van der Waals surface area contributed by atoms with Gasteiger partial charge in [-0.25, -0.2) is 0 Å². The number of carbonyl (C=O) groups excluding carboxylic acids is 1. The average molecular weight is 284 g/mol. The number of hydrogen-bond donors (Lipinski definition) is 1. The maximum atomic E-state index is 12.5. The van der Waals surface area contributed by atoms with Gasteiger partial charge in [-0.3, -0.25) is 4.79 Å². The van der Waals surface area contributed by atoms with Crippen LogP contribution in [0.5, 0.6) is 0 Å². The van der Waals surface area contributed by atoms with Gasteiger partial charge in [0.15, 0.2) is 0 Å². The smallest absolute Gasteiger partial charge is 0.254 e. The van der Waals surface area contributed by atoms with Gasteiger partial charge >= 0.3 is 0 Å². The second-order valence-electron chi connectivity index (χ2n) is 4.90. The topological polar surface area (TPSA) is 49.8 Å². The van der Waals surface area contributed by atoms with Crippen LogP contribution < -0.4 is 0 Å². The van der Waals surface area contributed by atoms with Gasteiger partial charge in [-0.15, -0.1) is 0 Å². The molecule has 5 heteroatoms. The Morgan fingerprint density at radius 1 is 1.58 bits per heavy atom. The van der Waals surface area contributed by atoms with E-state index in [4.69, 9.17) is 21.4 Å². The summed E-state index contributed by atoms with van der Waals surface area (Å²) in [5.74, 6) is -0.0385. The predicted molar refractivity (Wildman–Crippen MR) is 73.5 cm³/mol. The van der Waals surface area contributed by atoms with E-state index in [1.165, 1.54) is 0 Å². The van der Waals surface area contributed by atoms with Crippen molar-refractivity contribution in [3.8, 4) is 0 Å². The molecule has 0 saturated carbocycles. The summed E-state index contributed by atoms with van der Waals surface area (Å²) in [5, 5.41) is 9.78. The Kier molecular flexibility index (Phi) is 4.45. The number of hydrogen-bond acceptors (Lipinski definition) is 3. The molecule has 104 valence electrons. The van der Waals surface area contributed by atoms with Gasteiger partial charge < -0.3 is 14.7 Å². The molecule has 1 heterocycles. The van der Waals surface area contributed by atoms with Gasteiger partial charge in [-0.2, -0.15) is 0 Å². The number of ether oxygens (including phenoxy) is 1. The number of carbonyl (C=O) groups is 1. The SMILES string of the molecule is Cc1cc(Cl)ccc1C(=O)N1C[C@@H](CO)OC[C@H]1C. The average Bonchev–Trinajstić information content (AvgIpc) is 2.38. The first-order valence-corrected chi connectivity index (χ1v) is 6.70. The second kappa shape index (κ2) is 5.90. The quantitative estimate of drug-likeness (QED) is 0.901. The van der Waals surface area contributed by atoms with E-state index < -0.39 is 0 Å². The number of nitrogens with zero attached hydrogens (tertiary/aromatic N) is 1. The lowest BCUT2D eigenvalue weighted by Gasteiger charge is -2.37. The van der Waals surface area contributed by atoms with Crippen molar-refractivity contribution in [2.24, 2.45) is 0 Å². The summed E-state index contributed by atoms with van der Waals surface area (Å²) >= 11 is 5.90. The predicted octanol–water partition coefficient (Wildman–Crippen LogP) is 1.87. The first-order valence-electron chi connectivity index (χ1n) is 6.32. The molecule has 1 saturated heterocycles. The highest BCUT2D eigenvalue weighted by Crippen LogP contribution is 2.20. The minimum absolute atomic E-state index is 0.00498. The van der Waals surface area contributed by atoms with E-state index in [-0.39, 0.29) is 24.7 Å². The van der Waals surface area contributed by atoms with E-state index in [9.17, 15) is 4.79 Å². The Morgan fingerprint density at radius 3 is 2.95 bits per heavy atom. The normalized spacial score (nSPS) is 23.5. The number of benzene rings is 1. The van der Waals surface area contributed by atoms with E-state index in [0.29, 0.717) is 23.7 Å². The molecule has 0 bridgehead atoms. The van der Waals surface area contributed by atoms with Crippen molar-refractivity contribution >= 4 is 17.5 Å². The van der Waals surface area contributed by atoms with Gasteiger partial charge in [0, 0.05) is 17.1 Å². The third kappa shape index (κ3) is 3.08. The standard InChI is InChI=1S/C14H18ClNO3/c1-9-5-11(15)3-4-13(9)14(18)16-6-12(7-17)19-8-10(16)2/h3-5,10,12,17H,6-8H2,1-2H3/t10-,12+/m1/s1. The summed E-state index contributed by atoms with van der Waals surface area (Å²) in [4.78, 5) is 14.3. The summed E-state index contributed by atoms with van der Waals surface area (Å²) < 4.78 is 5.44. The molecule has 1 fully saturated rings. The second-order valence-corrected chi connectivity index (χ2v) is 5.34. The van der Waals surface area contributed by atoms with Crippen molar-refractivity contribution in [2.45, 2.75) is 26.0 Å². The first kappa shape index (κ1) is 14.3. The fraction of sp³-hybridized carbons (Fsp3) is 0.500. The zero-order valence-electron chi connectivity index (χ0n) is 11.1. The number of aliphatic hydroxyl groups excluding tert-OH is 1. The number of amides is 1. The van der Waals surface area contributed by atoms with Crippen LogP contribution in [-0.2, 0) is 4.74 Å². The van der Waals surface area contributed by atoms with Crippen LogP contribution in [0.25, 0.3) is 0 Å². The minimum Gasteiger partial charge on any atom is -0.394 e. The van der Waals surface area contributed by atoms with Crippen LogP contribution >= 0.6 is 11.6 Å². The Morgan fingerprint density at radius 2 is 2.32 bits per heavy atom. The summed E-state index contributed by atoms with van der Waals surface area (Å²) in [6.07, 6.45) is -0.298. The highest BCUT2D eigenvalue weighted by Gasteiger charge is 2.30. The van der Waals surface area contributed by atoms with Crippen LogP contribution in [0.2, 0.25) is 5.02 Å². The highest BCUT2D eigenvalue weighted by atomic mass is 35.5. The summed E-state index contributed by atoms with van der Waals surface area (Å²) in [5.41, 5.74) is 1.51. The Balaban J connectivity index is 2.22. The van der Waals surface area contributed by atoms with E-state index in [1.807, 2.05) is 13.8 Å². The van der Waals surface area contributed by atoms with Crippen molar-refractivity contribution in [3.05, 3.63) is 34.3 Å². The monoisotopic (exact) mass is 283 g/mol. The molecule has 19 heavy (non-hydrogen) atoms. The van der Waals surface area contributed by atoms with Crippen LogP contribution in [0.15, 0.2) is 18.2 Å². The van der Waals surface area contributed by atoms with Crippen molar-refractivity contribution < 1.29 is 14.6 Å². The van der Waals surface area contributed by atoms with Crippen molar-refractivity contribution in [2.75, 3.05) is 19.8 Å². The maximum absolute atomic E-state index is 12.5. The van der Waals surface area contributed by atoms with Crippen molar-refractivity contribution in [3.63, 3.8) is 0 Å². The number of rotatable bonds is 2. The molecule has 1 aliphatic rings. The van der Waals surface area contributed by atoms with Crippen LogP contribution in [0.4, 0.5) is 0 Å². The van der Waals surface area contributed by atoms with E-state index in [2.05, 4.69) is 0 Å². The molecule has 2 rings (SSSR count). The molecule has 1 N–H and O–H groups in total. The fourth-order valence-corrected chi connectivity index (χ4v) is 2.46. The molecule has 0 aromatic heterocycles. The molecule has 0 aliphatic carbocycles. The summed E-state index contributed by atoms with van der Waals surface area (Å²) in [6, 6.07) is 5.25. The first-order chi connectivity index (χ1) is 9.02. The van der Waals surface area contributed by atoms with Crippen molar-refractivity contribution in [1.82, 2.24) is 4.90 Å². The molecule has 1 aliphatic heterocycles. The maximum Gasteiger partial charge on any atom is 0.254 e. The number of aliphatic hydroxyl groups is 1. The van der Waals surface area contributed by atoms with Gasteiger partial charge in [-0.05, 0) is 37.6 Å². The van der Waals surface area contributed by atoms with Crippen LogP contribution in [-0.4, -0.2) is 47.8 Å². The van der Waals surface area contributed by atoms with Gasteiger partial charge in [-0.1, -0.05) is 11.6 Å². The van der Waals surface area contributed by atoms with E-state index in [1.54, 1.807) is 23.1 Å². The highest BCUT2D eigenvalue weighted by molar-refractivity contribution is 6.30. The third-order valence-corrected chi connectivity index (χ3v) is 3.62.